The lowest BCUT2D eigenvalue weighted by atomic mass is 9.95. The highest BCUT2D eigenvalue weighted by Crippen LogP contribution is 2.38. The van der Waals surface area contributed by atoms with Crippen LogP contribution < -0.4 is 10.6 Å². The lowest BCUT2D eigenvalue weighted by molar-refractivity contribution is -0.126. The zero-order chi connectivity index (χ0) is 30.3. The third-order valence-corrected chi connectivity index (χ3v) is 8.09. The zero-order valence-corrected chi connectivity index (χ0v) is 24.7. The van der Waals surface area contributed by atoms with Crippen LogP contribution in [0, 0.1) is 17.7 Å². The van der Waals surface area contributed by atoms with Crippen molar-refractivity contribution < 1.29 is 14.0 Å². The second-order valence-electron chi connectivity index (χ2n) is 11.0. The number of amides is 1. The van der Waals surface area contributed by atoms with E-state index in [1.807, 2.05) is 38.8 Å². The zero-order valence-electron chi connectivity index (χ0n) is 24.0. The van der Waals surface area contributed by atoms with Crippen molar-refractivity contribution >= 4 is 52.6 Å². The van der Waals surface area contributed by atoms with Gasteiger partial charge in [0.2, 0.25) is 5.91 Å². The Hall–Kier alpha value is -4.18. The van der Waals surface area contributed by atoms with E-state index >= 15 is 4.39 Å². The predicted octanol–water partition coefficient (Wildman–Crippen LogP) is 5.22. The van der Waals surface area contributed by atoms with Crippen LogP contribution in [0.25, 0.3) is 28.0 Å². The lowest BCUT2D eigenvalue weighted by Crippen LogP contribution is -2.54. The Balaban J connectivity index is 1.83. The van der Waals surface area contributed by atoms with Crippen LogP contribution >= 0.6 is 11.6 Å². The number of aldehydes is 1. The van der Waals surface area contributed by atoms with E-state index in [2.05, 4.69) is 16.6 Å². The first-order valence-electron chi connectivity index (χ1n) is 13.9. The van der Waals surface area contributed by atoms with Crippen molar-refractivity contribution in [2.75, 3.05) is 24.5 Å². The third-order valence-electron chi connectivity index (χ3n) is 7.80. The van der Waals surface area contributed by atoms with Crippen molar-refractivity contribution in [3.05, 3.63) is 69.5 Å². The van der Waals surface area contributed by atoms with Crippen LogP contribution in [0.5, 0.6) is 0 Å². The molecule has 1 saturated heterocycles. The molecule has 1 amide bonds. The number of benzene rings is 1. The first-order chi connectivity index (χ1) is 20.1. The molecule has 1 unspecified atom stereocenters. The fourth-order valence-corrected chi connectivity index (χ4v) is 5.97. The summed E-state index contributed by atoms with van der Waals surface area (Å²) in [5, 5.41) is 0.588. The first kappa shape index (κ1) is 29.3. The molecule has 42 heavy (non-hydrogen) atoms. The highest BCUT2D eigenvalue weighted by Gasteiger charge is 2.32. The maximum atomic E-state index is 15.2. The first-order valence-corrected chi connectivity index (χ1v) is 14.3. The Morgan fingerprint density at radius 2 is 1.98 bits per heavy atom. The van der Waals surface area contributed by atoms with Gasteiger partial charge in [-0.15, -0.1) is 0 Å². The van der Waals surface area contributed by atoms with E-state index < -0.39 is 11.5 Å². The molecule has 1 fully saturated rings. The topological polar surface area (TPSA) is 101 Å². The number of anilines is 1. The highest BCUT2D eigenvalue weighted by atomic mass is 35.5. The van der Waals surface area contributed by atoms with E-state index in [1.165, 1.54) is 28.8 Å². The molecule has 0 bridgehead atoms. The van der Waals surface area contributed by atoms with E-state index in [1.54, 1.807) is 11.0 Å². The molecular weight excluding hydrogens is 559 g/mol. The van der Waals surface area contributed by atoms with Crippen LogP contribution in [0.4, 0.5) is 10.2 Å². The molecule has 0 N–H and O–H groups in total. The van der Waals surface area contributed by atoms with Gasteiger partial charge in [-0.3, -0.25) is 14.6 Å². The molecule has 2 aromatic heterocycles. The van der Waals surface area contributed by atoms with Crippen molar-refractivity contribution in [3.8, 4) is 11.3 Å². The van der Waals surface area contributed by atoms with Crippen molar-refractivity contribution in [1.82, 2.24) is 19.4 Å². The van der Waals surface area contributed by atoms with E-state index in [0.29, 0.717) is 49.2 Å². The fraction of sp³-hybridized carbons (Fsp3) is 0.355. The summed E-state index contributed by atoms with van der Waals surface area (Å²) in [7, 11) is 0. The van der Waals surface area contributed by atoms with Gasteiger partial charge < -0.3 is 9.80 Å². The van der Waals surface area contributed by atoms with Gasteiger partial charge in [0.25, 0.3) is 0 Å². The Kier molecular flexibility index (Phi) is 8.10. The van der Waals surface area contributed by atoms with Crippen molar-refractivity contribution in [3.63, 3.8) is 0 Å². The third kappa shape index (κ3) is 5.04. The molecule has 9 nitrogen and oxygen atoms in total. The molecule has 3 aromatic rings. The molecule has 0 radical (unpaired) electrons. The van der Waals surface area contributed by atoms with Crippen LogP contribution in [-0.4, -0.2) is 63.5 Å². The number of nitrogens with zero attached hydrogens (tertiary/aromatic N) is 6. The number of rotatable bonds is 6. The van der Waals surface area contributed by atoms with Gasteiger partial charge >= 0.3 is 5.69 Å². The summed E-state index contributed by atoms with van der Waals surface area (Å²) in [6, 6.07) is 5.60. The van der Waals surface area contributed by atoms with Gasteiger partial charge in [0.05, 0.1) is 27.5 Å². The highest BCUT2D eigenvalue weighted by molar-refractivity contribution is 6.34. The average molecular weight is 591 g/mol. The average Bonchev–Trinajstić information content (AvgIpc) is 2.96. The largest absolute Gasteiger partial charge is 0.355 e. The number of hydrogen-bond acceptors (Lipinski definition) is 7. The molecule has 2 atom stereocenters. The second-order valence-corrected chi connectivity index (χ2v) is 11.4. The predicted molar refractivity (Wildman–Crippen MR) is 164 cm³/mol. The Labute approximate surface area is 248 Å². The number of aliphatic imine (C=N–C) groups is 1. The van der Waals surface area contributed by atoms with Gasteiger partial charge in [0, 0.05) is 48.9 Å². The summed E-state index contributed by atoms with van der Waals surface area (Å²) >= 11 is 6.78. The Morgan fingerprint density at radius 3 is 2.64 bits per heavy atom. The van der Waals surface area contributed by atoms with Crippen LogP contribution in [0.2, 0.25) is 5.02 Å². The minimum Gasteiger partial charge on any atom is -0.350 e. The number of pyridine rings is 1. The standard InChI is InChI=1S/C31H32ClFN6O3/c1-6-24(41)37-12-13-38(19(5)15-37)29-21-14-22(32)27(25-20(16-40)8-7-9-23(25)33)35-30(21)39(31(42)36-29)28-18(4)10-11-34-26(28)17(2)3/h6-9,11,14,16-19H,1,10,12-13,15H2,2-5H3/t18?,19-/m0/s1. The van der Waals surface area contributed by atoms with E-state index in [-0.39, 0.29) is 51.3 Å². The van der Waals surface area contributed by atoms with Gasteiger partial charge in [-0.1, -0.05) is 51.1 Å². The molecule has 5 rings (SSSR count). The van der Waals surface area contributed by atoms with Gasteiger partial charge in [-0.2, -0.15) is 4.98 Å². The minimum absolute atomic E-state index is 0.00359. The number of halogens is 2. The Bertz CT molecular complexity index is 1730. The Morgan fingerprint density at radius 1 is 1.21 bits per heavy atom. The molecule has 2 aliphatic heterocycles. The van der Waals surface area contributed by atoms with Crippen LogP contribution in [0.15, 0.2) is 52.4 Å². The maximum Gasteiger partial charge on any atom is 0.355 e. The molecule has 1 aromatic carbocycles. The monoisotopic (exact) mass is 590 g/mol. The molecule has 0 aliphatic carbocycles. The summed E-state index contributed by atoms with van der Waals surface area (Å²) in [5.74, 6) is -0.545. The minimum atomic E-state index is -0.661. The molecule has 218 valence electrons. The van der Waals surface area contributed by atoms with Crippen molar-refractivity contribution in [1.29, 1.82) is 0 Å². The van der Waals surface area contributed by atoms with Crippen molar-refractivity contribution in [2.24, 2.45) is 16.8 Å². The smallest absolute Gasteiger partial charge is 0.350 e. The number of piperazine rings is 1. The lowest BCUT2D eigenvalue weighted by Gasteiger charge is -2.40. The van der Waals surface area contributed by atoms with Gasteiger partial charge in [0.15, 0.2) is 11.9 Å². The molecule has 0 spiro atoms. The number of carbonyl (C=O) groups excluding carboxylic acids is 2. The summed E-state index contributed by atoms with van der Waals surface area (Å²) in [6.07, 6.45) is 4.29. The van der Waals surface area contributed by atoms with Gasteiger partial charge in [-0.25, -0.2) is 18.7 Å². The molecule has 2 aliphatic rings. The van der Waals surface area contributed by atoms with Gasteiger partial charge in [0.1, 0.15) is 11.6 Å². The van der Waals surface area contributed by atoms with E-state index in [0.717, 1.165) is 5.70 Å². The number of allylic oxidation sites excluding steroid dienone is 2. The van der Waals surface area contributed by atoms with Crippen LogP contribution in [0.1, 0.15) is 44.5 Å². The number of fused-ring (bicyclic) bond motifs is 1. The SMILES string of the molecule is C=CC(=O)N1CCN(c2nc(=O)n(C3=C(C(C)C)N=CCC3C)c3nc(-c4c(F)cccc4C=O)c(Cl)cc23)[C@@H](C)C1. The van der Waals surface area contributed by atoms with Crippen molar-refractivity contribution in [2.45, 2.75) is 40.2 Å². The summed E-state index contributed by atoms with van der Waals surface area (Å²) < 4.78 is 16.7. The molecular formula is C31H32ClFN6O3. The summed E-state index contributed by atoms with van der Waals surface area (Å²) in [6.45, 7) is 12.8. The number of aromatic nitrogens is 3. The summed E-state index contributed by atoms with van der Waals surface area (Å²) in [4.78, 5) is 55.8. The fourth-order valence-electron chi connectivity index (χ4n) is 5.73. The second kappa shape index (κ2) is 11.6. The number of hydrogen-bond donors (Lipinski definition) is 0. The normalized spacial score (nSPS) is 19.1. The molecule has 0 saturated carbocycles. The number of carbonyl (C=O) groups is 2. The quantitative estimate of drug-likeness (QED) is 0.288. The molecule has 11 heteroatoms. The summed E-state index contributed by atoms with van der Waals surface area (Å²) in [5.41, 5.74) is 1.16. The molecule has 4 heterocycles. The van der Waals surface area contributed by atoms with Gasteiger partial charge in [-0.05, 0) is 37.5 Å². The van der Waals surface area contributed by atoms with E-state index in [4.69, 9.17) is 16.6 Å². The van der Waals surface area contributed by atoms with E-state index in [9.17, 15) is 14.4 Å². The maximum absolute atomic E-state index is 15.2. The van der Waals surface area contributed by atoms with Crippen LogP contribution in [-0.2, 0) is 4.79 Å². The van der Waals surface area contributed by atoms with Crippen LogP contribution in [0.3, 0.4) is 0 Å².